The Hall–Kier alpha value is -2.29. The third-order valence-corrected chi connectivity index (χ3v) is 5.94. The fourth-order valence-electron chi connectivity index (χ4n) is 4.10. The Bertz CT molecular complexity index is 851. The van der Waals surface area contributed by atoms with Crippen LogP contribution in [0.25, 0.3) is 5.57 Å². The average molecular weight is 367 g/mol. The summed E-state index contributed by atoms with van der Waals surface area (Å²) in [5, 5.41) is 8.82. The van der Waals surface area contributed by atoms with Crippen LogP contribution in [-0.4, -0.2) is 17.7 Å². The van der Waals surface area contributed by atoms with Crippen LogP contribution in [0.3, 0.4) is 0 Å². The first-order valence-electron chi connectivity index (χ1n) is 9.71. The van der Waals surface area contributed by atoms with Crippen LogP contribution < -0.4 is 4.74 Å². The first-order valence-corrected chi connectivity index (χ1v) is 9.71. The highest BCUT2D eigenvalue weighted by atomic mass is 16.5. The summed E-state index contributed by atoms with van der Waals surface area (Å²) < 4.78 is 6.01. The van der Waals surface area contributed by atoms with Crippen molar-refractivity contribution in [1.29, 1.82) is 0 Å². The van der Waals surface area contributed by atoms with Gasteiger partial charge in [-0.15, -0.1) is 0 Å². The summed E-state index contributed by atoms with van der Waals surface area (Å²) in [6.07, 6.45) is 10.3. The SMILES string of the molecule is CC(/C=C/C=C1\CCOc2cc3c(cc21)C(C)(C)CCC3(C)C)=C\C(=O)O. The molecule has 0 bridgehead atoms. The molecule has 3 nitrogen and oxygen atoms in total. The lowest BCUT2D eigenvalue weighted by atomic mass is 9.62. The van der Waals surface area contributed by atoms with Gasteiger partial charge in [0.2, 0.25) is 0 Å². The third-order valence-electron chi connectivity index (χ3n) is 5.94. The fourth-order valence-corrected chi connectivity index (χ4v) is 4.10. The van der Waals surface area contributed by atoms with Crippen molar-refractivity contribution in [3.05, 3.63) is 58.7 Å². The zero-order chi connectivity index (χ0) is 19.8. The first kappa shape index (κ1) is 19.5. The molecule has 3 rings (SSSR count). The van der Waals surface area contributed by atoms with E-state index >= 15 is 0 Å². The van der Waals surface area contributed by atoms with Gasteiger partial charge < -0.3 is 9.84 Å². The molecule has 0 fully saturated rings. The van der Waals surface area contributed by atoms with Gasteiger partial charge in [0.05, 0.1) is 6.61 Å². The van der Waals surface area contributed by atoms with Crippen molar-refractivity contribution in [2.45, 2.75) is 64.7 Å². The summed E-state index contributed by atoms with van der Waals surface area (Å²) in [5.41, 5.74) is 6.32. The van der Waals surface area contributed by atoms with E-state index in [2.05, 4.69) is 45.9 Å². The second-order valence-electron chi connectivity index (χ2n) is 9.04. The van der Waals surface area contributed by atoms with E-state index in [9.17, 15) is 4.79 Å². The molecule has 0 saturated heterocycles. The Morgan fingerprint density at radius 1 is 1.11 bits per heavy atom. The number of ether oxygens (including phenoxy) is 1. The second kappa shape index (κ2) is 7.03. The Balaban J connectivity index is 2.02. The Labute approximate surface area is 162 Å². The number of aliphatic carboxylic acids is 1. The van der Waals surface area contributed by atoms with Gasteiger partial charge in [0.15, 0.2) is 0 Å². The van der Waals surface area contributed by atoms with Gasteiger partial charge in [0.25, 0.3) is 0 Å². The molecule has 27 heavy (non-hydrogen) atoms. The van der Waals surface area contributed by atoms with Crippen LogP contribution in [0, 0.1) is 0 Å². The number of hydrogen-bond acceptors (Lipinski definition) is 2. The average Bonchev–Trinajstić information content (AvgIpc) is 2.57. The van der Waals surface area contributed by atoms with Crippen LogP contribution in [0.1, 0.15) is 70.6 Å². The van der Waals surface area contributed by atoms with Gasteiger partial charge in [0, 0.05) is 18.1 Å². The van der Waals surface area contributed by atoms with Crippen molar-refractivity contribution in [1.82, 2.24) is 0 Å². The minimum atomic E-state index is -0.919. The van der Waals surface area contributed by atoms with E-state index in [0.29, 0.717) is 6.61 Å². The monoisotopic (exact) mass is 366 g/mol. The van der Waals surface area contributed by atoms with E-state index < -0.39 is 5.97 Å². The Morgan fingerprint density at radius 3 is 2.37 bits per heavy atom. The summed E-state index contributed by atoms with van der Waals surface area (Å²) in [5.74, 6) is 0.0564. The summed E-state index contributed by atoms with van der Waals surface area (Å²) in [6.45, 7) is 11.8. The topological polar surface area (TPSA) is 46.5 Å². The van der Waals surface area contributed by atoms with Gasteiger partial charge in [-0.25, -0.2) is 4.79 Å². The number of carboxylic acids is 1. The molecular weight excluding hydrogens is 336 g/mol. The van der Waals surface area contributed by atoms with E-state index in [1.807, 2.05) is 12.2 Å². The number of rotatable bonds is 3. The van der Waals surface area contributed by atoms with Gasteiger partial charge in [-0.1, -0.05) is 45.9 Å². The summed E-state index contributed by atoms with van der Waals surface area (Å²) in [4.78, 5) is 10.7. The molecule has 0 atom stereocenters. The Kier molecular flexibility index (Phi) is 5.07. The fraction of sp³-hybridized carbons (Fsp3) is 0.458. The predicted octanol–water partition coefficient (Wildman–Crippen LogP) is 5.79. The molecule has 0 saturated carbocycles. The van der Waals surface area contributed by atoms with Crippen molar-refractivity contribution in [2.75, 3.05) is 6.61 Å². The second-order valence-corrected chi connectivity index (χ2v) is 9.04. The zero-order valence-corrected chi connectivity index (χ0v) is 17.1. The smallest absolute Gasteiger partial charge is 0.328 e. The molecule has 1 aromatic carbocycles. The normalized spacial score (nSPS) is 22.3. The number of carboxylic acid groups (broad SMARTS) is 1. The lowest BCUT2D eigenvalue weighted by molar-refractivity contribution is -0.131. The molecule has 1 aliphatic heterocycles. The molecule has 0 amide bonds. The third kappa shape index (κ3) is 4.02. The van der Waals surface area contributed by atoms with Crippen LogP contribution in [-0.2, 0) is 15.6 Å². The maximum absolute atomic E-state index is 10.7. The highest BCUT2D eigenvalue weighted by Crippen LogP contribution is 2.49. The summed E-state index contributed by atoms with van der Waals surface area (Å²) >= 11 is 0. The van der Waals surface area contributed by atoms with Gasteiger partial charge in [0.1, 0.15) is 5.75 Å². The molecule has 2 aliphatic rings. The van der Waals surface area contributed by atoms with Gasteiger partial charge in [-0.2, -0.15) is 0 Å². The van der Waals surface area contributed by atoms with Crippen molar-refractivity contribution >= 4 is 11.5 Å². The van der Waals surface area contributed by atoms with Crippen molar-refractivity contribution < 1.29 is 14.6 Å². The van der Waals surface area contributed by atoms with E-state index in [1.54, 1.807) is 6.92 Å². The van der Waals surface area contributed by atoms with Crippen molar-refractivity contribution in [3.8, 4) is 5.75 Å². The van der Waals surface area contributed by atoms with Crippen LogP contribution in [0.5, 0.6) is 5.75 Å². The van der Waals surface area contributed by atoms with Crippen LogP contribution >= 0.6 is 0 Å². The lowest BCUT2D eigenvalue weighted by Crippen LogP contribution is -2.34. The van der Waals surface area contributed by atoms with E-state index in [1.165, 1.54) is 41.2 Å². The predicted molar refractivity (Wildman–Crippen MR) is 110 cm³/mol. The maximum atomic E-state index is 10.7. The largest absolute Gasteiger partial charge is 0.493 e. The van der Waals surface area contributed by atoms with Gasteiger partial charge >= 0.3 is 5.97 Å². The molecule has 0 aromatic heterocycles. The molecule has 3 heteroatoms. The van der Waals surface area contributed by atoms with Crippen LogP contribution in [0.2, 0.25) is 0 Å². The van der Waals surface area contributed by atoms with Crippen LogP contribution in [0.4, 0.5) is 0 Å². The minimum Gasteiger partial charge on any atom is -0.493 e. The van der Waals surface area contributed by atoms with Gasteiger partial charge in [-0.3, -0.25) is 0 Å². The number of benzene rings is 1. The molecule has 144 valence electrons. The number of allylic oxidation sites excluding steroid dienone is 4. The standard InChI is InChI=1S/C24H30O3/c1-16(13-22(25)26)7-6-8-17-9-12-27-21-15-20-19(14-18(17)21)23(2,3)10-11-24(20,4)5/h6-8,13-15H,9-12H2,1-5H3,(H,25,26)/b7-6+,16-13+,17-8+. The Morgan fingerprint density at radius 2 is 1.74 bits per heavy atom. The molecule has 0 spiro atoms. The highest BCUT2D eigenvalue weighted by Gasteiger charge is 2.38. The molecule has 1 N–H and O–H groups in total. The van der Waals surface area contributed by atoms with Crippen LogP contribution in [0.15, 0.2) is 42.0 Å². The van der Waals surface area contributed by atoms with E-state index in [4.69, 9.17) is 9.84 Å². The van der Waals surface area contributed by atoms with Crippen molar-refractivity contribution in [2.24, 2.45) is 0 Å². The molecule has 1 heterocycles. The van der Waals surface area contributed by atoms with E-state index in [0.717, 1.165) is 17.7 Å². The van der Waals surface area contributed by atoms with E-state index in [-0.39, 0.29) is 10.8 Å². The summed E-state index contributed by atoms with van der Waals surface area (Å²) in [6, 6.07) is 4.60. The zero-order valence-electron chi connectivity index (χ0n) is 17.1. The molecular formula is C24H30O3. The number of fused-ring (bicyclic) bond motifs is 2. The quantitative estimate of drug-likeness (QED) is 0.544. The number of hydrogen-bond donors (Lipinski definition) is 1. The molecule has 0 radical (unpaired) electrons. The van der Waals surface area contributed by atoms with Crippen molar-refractivity contribution in [3.63, 3.8) is 0 Å². The molecule has 1 aliphatic carbocycles. The first-order chi connectivity index (χ1) is 12.6. The molecule has 1 aromatic rings. The lowest BCUT2D eigenvalue weighted by Gasteiger charge is -2.42. The maximum Gasteiger partial charge on any atom is 0.328 e. The highest BCUT2D eigenvalue weighted by molar-refractivity contribution is 5.81. The van der Waals surface area contributed by atoms with Gasteiger partial charge in [-0.05, 0) is 65.0 Å². The molecule has 0 unspecified atom stereocenters. The summed E-state index contributed by atoms with van der Waals surface area (Å²) in [7, 11) is 0. The minimum absolute atomic E-state index is 0.166. The number of carbonyl (C=O) groups is 1.